The van der Waals surface area contributed by atoms with E-state index in [9.17, 15) is 9.59 Å². The van der Waals surface area contributed by atoms with Crippen LogP contribution in [0.2, 0.25) is 0 Å². The molecule has 1 N–H and O–H groups in total. The number of imidazole rings is 1. The second-order valence-electron chi connectivity index (χ2n) is 4.85. The first-order valence-corrected chi connectivity index (χ1v) is 6.86. The summed E-state index contributed by atoms with van der Waals surface area (Å²) >= 11 is 0. The van der Waals surface area contributed by atoms with Crippen LogP contribution in [0.5, 0.6) is 0 Å². The number of hydrogen-bond donors (Lipinski definition) is 1. The maximum atomic E-state index is 12.3. The first-order chi connectivity index (χ1) is 10.1. The maximum Gasteiger partial charge on any atom is 0.327 e. The standard InChI is InChI=1S/C15H18N4O2/c1-5-10-8-16-14-13(12(10)18(4)9-20)19(15(21)17-14)11(6-2)7-3/h1,8-9,11H,6-7H2,2-4H3,(H,16,17,21). The minimum atomic E-state index is -0.235. The van der Waals surface area contributed by atoms with Gasteiger partial charge in [0, 0.05) is 19.3 Å². The second-order valence-corrected chi connectivity index (χ2v) is 4.85. The molecule has 0 aliphatic carbocycles. The lowest BCUT2D eigenvalue weighted by Crippen LogP contribution is -2.23. The molecule has 6 nitrogen and oxygen atoms in total. The SMILES string of the molecule is C#Cc1cnc2[nH]c(=O)n(C(CC)CC)c2c1N(C)C=O. The number of nitrogens with one attached hydrogen (secondary N) is 1. The van der Waals surface area contributed by atoms with Crippen LogP contribution in [0.1, 0.15) is 38.3 Å². The Hall–Kier alpha value is -2.55. The van der Waals surface area contributed by atoms with Gasteiger partial charge in [-0.05, 0) is 12.8 Å². The Morgan fingerprint density at radius 2 is 2.19 bits per heavy atom. The molecule has 0 saturated carbocycles. The first kappa shape index (κ1) is 14.9. The number of carbonyl (C=O) groups excluding carboxylic acids is 1. The molecule has 2 heterocycles. The maximum absolute atomic E-state index is 12.3. The number of aromatic amines is 1. The van der Waals surface area contributed by atoms with Crippen LogP contribution < -0.4 is 10.6 Å². The summed E-state index contributed by atoms with van der Waals surface area (Å²) in [5.41, 5.74) is 1.80. The van der Waals surface area contributed by atoms with E-state index in [0.29, 0.717) is 28.8 Å². The van der Waals surface area contributed by atoms with Crippen LogP contribution in [-0.2, 0) is 4.79 Å². The molecule has 2 rings (SSSR count). The molecule has 2 aromatic rings. The van der Waals surface area contributed by atoms with Crippen molar-refractivity contribution < 1.29 is 4.79 Å². The van der Waals surface area contributed by atoms with Crippen LogP contribution in [0, 0.1) is 12.3 Å². The molecule has 0 saturated heterocycles. The topological polar surface area (TPSA) is 71.0 Å². The van der Waals surface area contributed by atoms with Crippen molar-refractivity contribution in [3.05, 3.63) is 22.2 Å². The summed E-state index contributed by atoms with van der Waals surface area (Å²) in [6.45, 7) is 4.03. The zero-order valence-electron chi connectivity index (χ0n) is 12.4. The van der Waals surface area contributed by atoms with E-state index in [1.165, 1.54) is 11.1 Å². The fraction of sp³-hybridized carbons (Fsp3) is 0.400. The van der Waals surface area contributed by atoms with Gasteiger partial charge in [-0.15, -0.1) is 6.42 Å². The van der Waals surface area contributed by atoms with Crippen molar-refractivity contribution in [3.8, 4) is 12.3 Å². The van der Waals surface area contributed by atoms with Gasteiger partial charge in [0.25, 0.3) is 0 Å². The molecule has 0 bridgehead atoms. The van der Waals surface area contributed by atoms with Crippen molar-refractivity contribution in [3.63, 3.8) is 0 Å². The lowest BCUT2D eigenvalue weighted by molar-refractivity contribution is -0.107. The van der Waals surface area contributed by atoms with Gasteiger partial charge in [0.05, 0.1) is 11.3 Å². The van der Waals surface area contributed by atoms with Crippen LogP contribution in [-0.4, -0.2) is 28.0 Å². The van der Waals surface area contributed by atoms with E-state index in [4.69, 9.17) is 6.42 Å². The molecule has 110 valence electrons. The minimum Gasteiger partial charge on any atom is -0.315 e. The van der Waals surface area contributed by atoms with Gasteiger partial charge in [-0.25, -0.2) is 9.78 Å². The highest BCUT2D eigenvalue weighted by Crippen LogP contribution is 2.29. The van der Waals surface area contributed by atoms with Gasteiger partial charge >= 0.3 is 5.69 Å². The van der Waals surface area contributed by atoms with Crippen molar-refractivity contribution >= 4 is 23.3 Å². The van der Waals surface area contributed by atoms with Gasteiger partial charge in [-0.1, -0.05) is 19.8 Å². The lowest BCUT2D eigenvalue weighted by Gasteiger charge is -2.19. The monoisotopic (exact) mass is 286 g/mol. The third-order valence-electron chi connectivity index (χ3n) is 3.69. The highest BCUT2D eigenvalue weighted by Gasteiger charge is 2.21. The fourth-order valence-electron chi connectivity index (χ4n) is 2.59. The number of pyridine rings is 1. The molecule has 0 aliphatic rings. The number of hydrogen-bond acceptors (Lipinski definition) is 3. The summed E-state index contributed by atoms with van der Waals surface area (Å²) < 4.78 is 1.65. The van der Waals surface area contributed by atoms with E-state index in [1.54, 1.807) is 11.6 Å². The number of terminal acetylenes is 1. The average Bonchev–Trinajstić information content (AvgIpc) is 2.83. The molecule has 0 unspecified atom stereocenters. The van der Waals surface area contributed by atoms with Crippen molar-refractivity contribution in [2.24, 2.45) is 0 Å². The third-order valence-corrected chi connectivity index (χ3v) is 3.69. The number of H-pyrrole nitrogens is 1. The third kappa shape index (κ3) is 2.31. The molecular formula is C15H18N4O2. The summed E-state index contributed by atoms with van der Waals surface area (Å²) in [6, 6.07) is 0.0277. The molecule has 0 aromatic carbocycles. The molecule has 0 aliphatic heterocycles. The smallest absolute Gasteiger partial charge is 0.315 e. The Labute approximate surface area is 122 Å². The predicted octanol–water partition coefficient (Wildman–Crippen LogP) is 1.66. The lowest BCUT2D eigenvalue weighted by atomic mass is 10.1. The molecule has 2 aromatic heterocycles. The molecular weight excluding hydrogens is 268 g/mol. The van der Waals surface area contributed by atoms with E-state index in [-0.39, 0.29) is 11.7 Å². The Bertz CT molecular complexity index is 762. The van der Waals surface area contributed by atoms with Crippen LogP contribution in [0.4, 0.5) is 5.69 Å². The molecule has 21 heavy (non-hydrogen) atoms. The summed E-state index contributed by atoms with van der Waals surface area (Å²) in [5, 5.41) is 0. The quantitative estimate of drug-likeness (QED) is 0.671. The Kier molecular flexibility index (Phi) is 4.13. The molecule has 0 atom stereocenters. The highest BCUT2D eigenvalue weighted by atomic mass is 16.1. The largest absolute Gasteiger partial charge is 0.327 e. The van der Waals surface area contributed by atoms with E-state index in [1.807, 2.05) is 13.8 Å². The molecule has 6 heteroatoms. The summed E-state index contributed by atoms with van der Waals surface area (Å²) in [6.07, 6.45) is 9.26. The normalized spacial score (nSPS) is 10.8. The van der Waals surface area contributed by atoms with Gasteiger partial charge in [0.1, 0.15) is 5.52 Å². The van der Waals surface area contributed by atoms with Crippen LogP contribution >= 0.6 is 0 Å². The van der Waals surface area contributed by atoms with Gasteiger partial charge in [-0.2, -0.15) is 0 Å². The van der Waals surface area contributed by atoms with Gasteiger partial charge < -0.3 is 4.90 Å². The van der Waals surface area contributed by atoms with Crippen molar-refractivity contribution in [2.45, 2.75) is 32.7 Å². The van der Waals surface area contributed by atoms with E-state index in [2.05, 4.69) is 15.9 Å². The molecule has 0 fully saturated rings. The first-order valence-electron chi connectivity index (χ1n) is 6.86. The zero-order chi connectivity index (χ0) is 15.6. The van der Waals surface area contributed by atoms with Crippen molar-refractivity contribution in [2.75, 3.05) is 11.9 Å². The number of nitrogens with zero attached hydrogens (tertiary/aromatic N) is 3. The number of anilines is 1. The van der Waals surface area contributed by atoms with Crippen molar-refractivity contribution in [1.29, 1.82) is 0 Å². The van der Waals surface area contributed by atoms with E-state index < -0.39 is 0 Å². The second kappa shape index (κ2) is 5.83. The van der Waals surface area contributed by atoms with Crippen LogP contribution in [0.3, 0.4) is 0 Å². The number of amides is 1. The highest BCUT2D eigenvalue weighted by molar-refractivity contribution is 5.95. The summed E-state index contributed by atoms with van der Waals surface area (Å²) in [7, 11) is 1.61. The summed E-state index contributed by atoms with van der Waals surface area (Å²) in [4.78, 5) is 31.8. The summed E-state index contributed by atoms with van der Waals surface area (Å²) in [5.74, 6) is 2.52. The Morgan fingerprint density at radius 3 is 2.71 bits per heavy atom. The fourth-order valence-corrected chi connectivity index (χ4v) is 2.59. The molecule has 0 spiro atoms. The average molecular weight is 286 g/mol. The minimum absolute atomic E-state index is 0.0277. The van der Waals surface area contributed by atoms with Gasteiger partial charge in [0.2, 0.25) is 6.41 Å². The van der Waals surface area contributed by atoms with Crippen molar-refractivity contribution in [1.82, 2.24) is 14.5 Å². The Balaban J connectivity index is 2.93. The predicted molar refractivity (Wildman–Crippen MR) is 82.4 cm³/mol. The van der Waals surface area contributed by atoms with Crippen LogP contribution in [0.15, 0.2) is 11.0 Å². The Morgan fingerprint density at radius 1 is 1.52 bits per heavy atom. The molecule has 0 radical (unpaired) electrons. The number of rotatable bonds is 5. The van der Waals surface area contributed by atoms with Gasteiger partial charge in [-0.3, -0.25) is 14.3 Å². The van der Waals surface area contributed by atoms with Crippen LogP contribution in [0.25, 0.3) is 11.2 Å². The number of aromatic nitrogens is 3. The zero-order valence-corrected chi connectivity index (χ0v) is 12.4. The van der Waals surface area contributed by atoms with E-state index >= 15 is 0 Å². The van der Waals surface area contributed by atoms with E-state index in [0.717, 1.165) is 12.8 Å². The number of carbonyl (C=O) groups is 1. The molecule has 1 amide bonds. The number of fused-ring (bicyclic) bond motifs is 1. The van der Waals surface area contributed by atoms with Gasteiger partial charge in [0.15, 0.2) is 5.65 Å².